The summed E-state index contributed by atoms with van der Waals surface area (Å²) in [5.41, 5.74) is 1.50. The van der Waals surface area contributed by atoms with E-state index in [-0.39, 0.29) is 18.9 Å². The lowest BCUT2D eigenvalue weighted by Gasteiger charge is -2.11. The Morgan fingerprint density at radius 2 is 1.85 bits per heavy atom. The van der Waals surface area contributed by atoms with Gasteiger partial charge in [-0.3, -0.25) is 14.9 Å². The molecule has 8 heteroatoms. The summed E-state index contributed by atoms with van der Waals surface area (Å²) in [4.78, 5) is 35.8. The van der Waals surface area contributed by atoms with Crippen molar-refractivity contribution in [2.75, 3.05) is 17.2 Å². The first-order valence-electron chi connectivity index (χ1n) is 8.63. The molecule has 0 bridgehead atoms. The number of unbranched alkanes of at least 4 members (excludes halogenated alkanes) is 1. The fourth-order valence-electron chi connectivity index (χ4n) is 2.43. The summed E-state index contributed by atoms with van der Waals surface area (Å²) in [7, 11) is 0. The Labute approximate surface area is 161 Å². The van der Waals surface area contributed by atoms with Crippen LogP contribution in [-0.2, 0) is 16.0 Å². The highest BCUT2D eigenvalue weighted by Crippen LogP contribution is 2.35. The smallest absolute Gasteiger partial charge is 0.411 e. The molecule has 0 aliphatic rings. The van der Waals surface area contributed by atoms with E-state index in [1.165, 1.54) is 11.3 Å². The first-order valence-corrected chi connectivity index (χ1v) is 9.51. The van der Waals surface area contributed by atoms with Crippen LogP contribution in [0.5, 0.6) is 0 Å². The van der Waals surface area contributed by atoms with Crippen molar-refractivity contribution in [3.8, 4) is 0 Å². The third kappa shape index (κ3) is 6.41. The lowest BCUT2D eigenvalue weighted by atomic mass is 10.1. The monoisotopic (exact) mass is 390 g/mol. The molecular formula is C19H22N2O5S. The zero-order valence-corrected chi connectivity index (χ0v) is 15.8. The number of thiophene rings is 1. The molecule has 0 atom stereocenters. The average Bonchev–Trinajstić information content (AvgIpc) is 3.01. The van der Waals surface area contributed by atoms with E-state index in [2.05, 4.69) is 10.6 Å². The fourth-order valence-corrected chi connectivity index (χ4v) is 3.40. The summed E-state index contributed by atoms with van der Waals surface area (Å²) in [6.07, 6.45) is 1.32. The van der Waals surface area contributed by atoms with Crippen molar-refractivity contribution in [3.05, 3.63) is 46.2 Å². The average molecular weight is 390 g/mol. The summed E-state index contributed by atoms with van der Waals surface area (Å²) < 4.78 is 4.90. The van der Waals surface area contributed by atoms with Gasteiger partial charge in [-0.15, -0.1) is 11.3 Å². The van der Waals surface area contributed by atoms with E-state index in [0.717, 1.165) is 4.88 Å². The Balaban J connectivity index is 2.15. The molecule has 27 heavy (non-hydrogen) atoms. The second kappa shape index (κ2) is 10.3. The number of anilines is 2. The number of carboxylic acids is 1. The maximum absolute atomic E-state index is 12.5. The summed E-state index contributed by atoms with van der Waals surface area (Å²) in [6, 6.07) is 8.77. The minimum absolute atomic E-state index is 0.102. The van der Waals surface area contributed by atoms with Crippen LogP contribution < -0.4 is 10.6 Å². The van der Waals surface area contributed by atoms with Gasteiger partial charge in [0.15, 0.2) is 0 Å². The molecule has 0 aliphatic heterocycles. The van der Waals surface area contributed by atoms with Crippen LogP contribution in [0.4, 0.5) is 16.2 Å². The number of rotatable bonds is 9. The molecule has 2 aromatic rings. The van der Waals surface area contributed by atoms with Crippen molar-refractivity contribution in [3.63, 3.8) is 0 Å². The number of amides is 2. The van der Waals surface area contributed by atoms with Gasteiger partial charge in [0.2, 0.25) is 0 Å². The molecule has 144 valence electrons. The van der Waals surface area contributed by atoms with E-state index in [9.17, 15) is 14.4 Å². The number of carboxylic acid groups (broad SMARTS) is 1. The number of aliphatic carboxylic acids is 1. The number of benzene rings is 1. The Morgan fingerprint density at radius 3 is 2.52 bits per heavy atom. The lowest BCUT2D eigenvalue weighted by molar-refractivity contribution is -0.137. The topological polar surface area (TPSA) is 105 Å². The predicted octanol–water partition coefficient (Wildman–Crippen LogP) is 4.37. The normalized spacial score (nSPS) is 10.3. The van der Waals surface area contributed by atoms with Crippen LogP contribution >= 0.6 is 11.3 Å². The zero-order chi connectivity index (χ0) is 19.6. The Morgan fingerprint density at radius 1 is 1.11 bits per heavy atom. The van der Waals surface area contributed by atoms with E-state index in [1.54, 1.807) is 36.6 Å². The number of aryl methyl sites for hydroxylation is 1. The molecule has 1 heterocycles. The Hall–Kier alpha value is -2.87. The highest BCUT2D eigenvalue weighted by Gasteiger charge is 2.17. The molecule has 0 spiro atoms. The van der Waals surface area contributed by atoms with Gasteiger partial charge in [-0.2, -0.15) is 0 Å². The third-order valence-corrected chi connectivity index (χ3v) is 4.74. The van der Waals surface area contributed by atoms with Crippen molar-refractivity contribution in [2.45, 2.75) is 32.6 Å². The van der Waals surface area contributed by atoms with Gasteiger partial charge in [-0.25, -0.2) is 4.79 Å². The molecule has 1 aromatic carbocycles. The van der Waals surface area contributed by atoms with Crippen LogP contribution in [0.1, 0.15) is 41.4 Å². The zero-order valence-electron chi connectivity index (χ0n) is 15.0. The van der Waals surface area contributed by atoms with Gasteiger partial charge in [0.25, 0.3) is 5.91 Å². The molecule has 7 nitrogen and oxygen atoms in total. The van der Waals surface area contributed by atoms with Crippen molar-refractivity contribution in [2.24, 2.45) is 0 Å². The predicted molar refractivity (Wildman–Crippen MR) is 105 cm³/mol. The molecule has 0 saturated heterocycles. The van der Waals surface area contributed by atoms with Gasteiger partial charge in [0.1, 0.15) is 0 Å². The number of hydrogen-bond acceptors (Lipinski definition) is 5. The Kier molecular flexibility index (Phi) is 7.81. The highest BCUT2D eigenvalue weighted by atomic mass is 32.1. The molecule has 0 fully saturated rings. The first kappa shape index (κ1) is 20.4. The van der Waals surface area contributed by atoms with E-state index in [1.807, 2.05) is 6.07 Å². The van der Waals surface area contributed by atoms with Crippen LogP contribution in [-0.4, -0.2) is 29.7 Å². The fraction of sp³-hybridized carbons (Fsp3) is 0.316. The molecule has 0 unspecified atom stereocenters. The van der Waals surface area contributed by atoms with Gasteiger partial charge < -0.3 is 15.2 Å². The number of nitrogens with one attached hydrogen (secondary N) is 2. The van der Waals surface area contributed by atoms with E-state index in [4.69, 9.17) is 9.84 Å². The SMILES string of the molecule is CCOC(=O)Nc1csc(CCCCC(=O)O)c1NC(=O)c1ccccc1. The maximum atomic E-state index is 12.5. The van der Waals surface area contributed by atoms with Crippen LogP contribution in [0.3, 0.4) is 0 Å². The number of carbonyl (C=O) groups is 3. The summed E-state index contributed by atoms with van der Waals surface area (Å²) in [5, 5.41) is 16.0. The molecule has 2 rings (SSSR count). The summed E-state index contributed by atoms with van der Waals surface area (Å²) >= 11 is 1.40. The third-order valence-electron chi connectivity index (χ3n) is 3.70. The van der Waals surface area contributed by atoms with Crippen LogP contribution in [0, 0.1) is 0 Å². The maximum Gasteiger partial charge on any atom is 0.411 e. The number of ether oxygens (including phenoxy) is 1. The van der Waals surface area contributed by atoms with Crippen molar-refractivity contribution in [1.29, 1.82) is 0 Å². The highest BCUT2D eigenvalue weighted by molar-refractivity contribution is 7.11. The van der Waals surface area contributed by atoms with Crippen LogP contribution in [0.2, 0.25) is 0 Å². The van der Waals surface area contributed by atoms with E-state index in [0.29, 0.717) is 36.2 Å². The summed E-state index contributed by atoms with van der Waals surface area (Å²) in [5.74, 6) is -1.11. The molecule has 3 N–H and O–H groups in total. The van der Waals surface area contributed by atoms with Crippen molar-refractivity contribution in [1.82, 2.24) is 0 Å². The van der Waals surface area contributed by atoms with Crippen LogP contribution in [0.25, 0.3) is 0 Å². The van der Waals surface area contributed by atoms with E-state index < -0.39 is 12.1 Å². The minimum atomic E-state index is -0.830. The molecular weight excluding hydrogens is 368 g/mol. The molecule has 0 aliphatic carbocycles. The second-order valence-corrected chi connectivity index (χ2v) is 6.68. The van der Waals surface area contributed by atoms with Crippen molar-refractivity contribution < 1.29 is 24.2 Å². The van der Waals surface area contributed by atoms with Gasteiger partial charge in [0.05, 0.1) is 18.0 Å². The largest absolute Gasteiger partial charge is 0.481 e. The Bertz CT molecular complexity index is 789. The molecule has 0 saturated carbocycles. The van der Waals surface area contributed by atoms with E-state index >= 15 is 0 Å². The first-order chi connectivity index (χ1) is 13.0. The minimum Gasteiger partial charge on any atom is -0.481 e. The number of carbonyl (C=O) groups excluding carboxylic acids is 2. The molecule has 2 amide bonds. The molecule has 0 radical (unpaired) electrons. The lowest BCUT2D eigenvalue weighted by Crippen LogP contribution is -2.17. The van der Waals surface area contributed by atoms with Gasteiger partial charge in [0, 0.05) is 22.2 Å². The van der Waals surface area contributed by atoms with Crippen molar-refractivity contribution >= 4 is 40.7 Å². The standard InChI is InChI=1S/C19H22N2O5S/c1-2-26-19(25)20-14-12-27-15(10-6-7-11-16(22)23)17(14)21-18(24)13-8-4-3-5-9-13/h3-5,8-9,12H,2,6-7,10-11H2,1H3,(H,20,25)(H,21,24)(H,22,23). The van der Waals surface area contributed by atoms with Gasteiger partial charge >= 0.3 is 12.1 Å². The second-order valence-electron chi connectivity index (χ2n) is 5.71. The quantitative estimate of drug-likeness (QED) is 0.552. The van der Waals surface area contributed by atoms with Gasteiger partial charge in [-0.05, 0) is 38.3 Å². The van der Waals surface area contributed by atoms with Gasteiger partial charge in [-0.1, -0.05) is 18.2 Å². The number of hydrogen-bond donors (Lipinski definition) is 3. The summed E-state index contributed by atoms with van der Waals surface area (Å²) in [6.45, 7) is 1.95. The van der Waals surface area contributed by atoms with Crippen LogP contribution in [0.15, 0.2) is 35.7 Å². The molecule has 1 aromatic heterocycles.